The van der Waals surface area contributed by atoms with Gasteiger partial charge in [-0.2, -0.15) is 0 Å². The van der Waals surface area contributed by atoms with Crippen LogP contribution in [0.25, 0.3) is 0 Å². The molecule has 0 N–H and O–H groups in total. The molecule has 1 heterocycles. The summed E-state index contributed by atoms with van der Waals surface area (Å²) in [4.78, 5) is 13.7. The number of alkyl halides is 1. The highest BCUT2D eigenvalue weighted by molar-refractivity contribution is 7.92. The molecule has 0 saturated carbocycles. The van der Waals surface area contributed by atoms with Crippen molar-refractivity contribution in [1.82, 2.24) is 0 Å². The quantitative estimate of drug-likeness (QED) is 0.851. The normalized spacial score (nSPS) is 19.4. The number of carbonyl (C=O) groups is 1. The first kappa shape index (κ1) is 15.8. The van der Waals surface area contributed by atoms with Crippen molar-refractivity contribution in [3.05, 3.63) is 24.3 Å². The molecule has 0 spiro atoms. The molecule has 1 amide bonds. The van der Waals surface area contributed by atoms with Crippen molar-refractivity contribution in [2.75, 3.05) is 35.2 Å². The van der Waals surface area contributed by atoms with Crippen LogP contribution in [0.5, 0.6) is 0 Å². The Morgan fingerprint density at radius 3 is 2.52 bits per heavy atom. The fourth-order valence-corrected chi connectivity index (χ4v) is 4.04. The summed E-state index contributed by atoms with van der Waals surface area (Å²) in [5.41, 5.74) is 1.02. The number of hydrogen-bond donors (Lipinski definition) is 0. The zero-order valence-corrected chi connectivity index (χ0v) is 12.9. The van der Waals surface area contributed by atoms with E-state index in [4.69, 9.17) is 0 Å². The molecule has 0 aliphatic carbocycles. The summed E-state index contributed by atoms with van der Waals surface area (Å²) in [5.74, 6) is -0.851. The molecular formula is C14H19FN2O3S. The van der Waals surface area contributed by atoms with Gasteiger partial charge in [-0.25, -0.2) is 8.42 Å². The summed E-state index contributed by atoms with van der Waals surface area (Å²) in [5, 5.41) is 0. The third-order valence-corrected chi connectivity index (χ3v) is 5.40. The number of benzene rings is 1. The van der Waals surface area contributed by atoms with Gasteiger partial charge in [-0.15, -0.1) is 0 Å². The van der Waals surface area contributed by atoms with Gasteiger partial charge in [0.1, 0.15) is 0 Å². The SMILES string of the molecule is CC1CN(S(=O)(=O)CCCF)c2ccccc2N(C)C1=O. The molecule has 1 unspecified atom stereocenters. The fraction of sp³-hybridized carbons (Fsp3) is 0.500. The summed E-state index contributed by atoms with van der Waals surface area (Å²) in [6, 6.07) is 6.86. The van der Waals surface area contributed by atoms with Gasteiger partial charge in [-0.1, -0.05) is 19.1 Å². The smallest absolute Gasteiger partial charge is 0.235 e. The van der Waals surface area contributed by atoms with Gasteiger partial charge in [0, 0.05) is 13.6 Å². The Labute approximate surface area is 124 Å². The van der Waals surface area contributed by atoms with Crippen molar-refractivity contribution in [2.45, 2.75) is 13.3 Å². The first-order valence-corrected chi connectivity index (χ1v) is 8.42. The van der Waals surface area contributed by atoms with Crippen LogP contribution in [0, 0.1) is 5.92 Å². The summed E-state index contributed by atoms with van der Waals surface area (Å²) in [6.45, 7) is 1.10. The van der Waals surface area contributed by atoms with Crippen LogP contribution in [-0.4, -0.2) is 40.3 Å². The maximum absolute atomic E-state index is 12.4. The molecule has 0 saturated heterocycles. The van der Waals surface area contributed by atoms with Crippen molar-refractivity contribution >= 4 is 27.3 Å². The van der Waals surface area contributed by atoms with E-state index < -0.39 is 22.6 Å². The first-order valence-electron chi connectivity index (χ1n) is 6.81. The lowest BCUT2D eigenvalue weighted by Gasteiger charge is -2.25. The van der Waals surface area contributed by atoms with E-state index in [0.717, 1.165) is 0 Å². The lowest BCUT2D eigenvalue weighted by Crippen LogP contribution is -2.38. The second-order valence-corrected chi connectivity index (χ2v) is 7.19. The highest BCUT2D eigenvalue weighted by Gasteiger charge is 2.34. The standard InChI is InChI=1S/C14H19FN2O3S/c1-11-10-17(21(19,20)9-5-8-15)13-7-4-3-6-12(13)16(2)14(11)18/h3-4,6-7,11H,5,8-10H2,1-2H3. The number of para-hydroxylation sites is 2. The second kappa shape index (κ2) is 6.01. The molecule has 1 atom stereocenters. The number of hydrogen-bond acceptors (Lipinski definition) is 3. The Balaban J connectivity index is 2.51. The molecular weight excluding hydrogens is 295 g/mol. The van der Waals surface area contributed by atoms with Gasteiger partial charge in [-0.05, 0) is 18.6 Å². The van der Waals surface area contributed by atoms with E-state index in [1.807, 2.05) is 0 Å². The Morgan fingerprint density at radius 1 is 1.29 bits per heavy atom. The number of amides is 1. The number of fused-ring (bicyclic) bond motifs is 1. The number of nitrogens with zero attached hydrogens (tertiary/aromatic N) is 2. The van der Waals surface area contributed by atoms with Crippen molar-refractivity contribution in [2.24, 2.45) is 5.92 Å². The molecule has 0 bridgehead atoms. The van der Waals surface area contributed by atoms with Crippen molar-refractivity contribution < 1.29 is 17.6 Å². The van der Waals surface area contributed by atoms with E-state index in [1.54, 1.807) is 38.2 Å². The predicted molar refractivity (Wildman–Crippen MR) is 80.7 cm³/mol. The largest absolute Gasteiger partial charge is 0.313 e. The minimum Gasteiger partial charge on any atom is -0.313 e. The highest BCUT2D eigenvalue weighted by atomic mass is 32.2. The van der Waals surface area contributed by atoms with Crippen LogP contribution in [-0.2, 0) is 14.8 Å². The molecule has 0 radical (unpaired) electrons. The zero-order chi connectivity index (χ0) is 15.6. The third-order valence-electron chi connectivity index (χ3n) is 3.58. The predicted octanol–water partition coefficient (Wildman–Crippen LogP) is 1.79. The van der Waals surface area contributed by atoms with Crippen LogP contribution in [0.3, 0.4) is 0 Å². The summed E-state index contributed by atoms with van der Waals surface area (Å²) in [7, 11) is -2.01. The fourth-order valence-electron chi connectivity index (χ4n) is 2.44. The van der Waals surface area contributed by atoms with Crippen LogP contribution < -0.4 is 9.21 Å². The Hall–Kier alpha value is -1.63. The average molecular weight is 314 g/mol. The molecule has 0 fully saturated rings. The molecule has 0 aromatic heterocycles. The summed E-state index contributed by atoms with van der Waals surface area (Å²) < 4.78 is 38.5. The van der Waals surface area contributed by atoms with Gasteiger partial charge >= 0.3 is 0 Å². The van der Waals surface area contributed by atoms with Gasteiger partial charge in [0.25, 0.3) is 0 Å². The molecule has 21 heavy (non-hydrogen) atoms. The van der Waals surface area contributed by atoms with Crippen molar-refractivity contribution in [3.63, 3.8) is 0 Å². The lowest BCUT2D eigenvalue weighted by molar-refractivity contribution is -0.121. The molecule has 1 aromatic rings. The van der Waals surface area contributed by atoms with Gasteiger partial charge < -0.3 is 4.90 Å². The van der Waals surface area contributed by atoms with Gasteiger partial charge in [0.05, 0.1) is 29.7 Å². The maximum Gasteiger partial charge on any atom is 0.235 e. The summed E-state index contributed by atoms with van der Waals surface area (Å²) in [6.07, 6.45) is -0.0425. The minimum atomic E-state index is -3.65. The number of rotatable bonds is 4. The topological polar surface area (TPSA) is 57.7 Å². The monoisotopic (exact) mass is 314 g/mol. The minimum absolute atomic E-state index is 0.0425. The first-order chi connectivity index (χ1) is 9.88. The van der Waals surface area contributed by atoms with E-state index in [0.29, 0.717) is 11.4 Å². The number of sulfonamides is 1. The molecule has 7 heteroatoms. The van der Waals surface area contributed by atoms with Crippen molar-refractivity contribution in [3.8, 4) is 0 Å². The molecule has 116 valence electrons. The van der Waals surface area contributed by atoms with Gasteiger partial charge in [0.15, 0.2) is 0 Å². The summed E-state index contributed by atoms with van der Waals surface area (Å²) >= 11 is 0. The van der Waals surface area contributed by atoms with E-state index >= 15 is 0 Å². The van der Waals surface area contributed by atoms with Crippen LogP contribution in [0.15, 0.2) is 24.3 Å². The second-order valence-electron chi connectivity index (χ2n) is 5.18. The zero-order valence-electron chi connectivity index (χ0n) is 12.1. The van der Waals surface area contributed by atoms with E-state index in [2.05, 4.69) is 0 Å². The third kappa shape index (κ3) is 3.02. The Kier molecular flexibility index (Phi) is 4.51. The van der Waals surface area contributed by atoms with E-state index in [1.165, 1.54) is 9.21 Å². The van der Waals surface area contributed by atoms with Crippen LogP contribution >= 0.6 is 0 Å². The maximum atomic E-state index is 12.4. The molecule has 1 aliphatic heterocycles. The van der Waals surface area contributed by atoms with E-state index in [9.17, 15) is 17.6 Å². The van der Waals surface area contributed by atoms with Crippen LogP contribution in [0.2, 0.25) is 0 Å². The lowest BCUT2D eigenvalue weighted by atomic mass is 10.1. The van der Waals surface area contributed by atoms with E-state index in [-0.39, 0.29) is 24.6 Å². The van der Waals surface area contributed by atoms with Crippen LogP contribution in [0.4, 0.5) is 15.8 Å². The molecule has 2 rings (SSSR count). The Morgan fingerprint density at radius 2 is 1.90 bits per heavy atom. The molecule has 1 aliphatic rings. The number of anilines is 2. The van der Waals surface area contributed by atoms with Gasteiger partial charge in [0.2, 0.25) is 15.9 Å². The number of carbonyl (C=O) groups excluding carboxylic acids is 1. The molecule has 1 aromatic carbocycles. The van der Waals surface area contributed by atoms with Crippen molar-refractivity contribution in [1.29, 1.82) is 0 Å². The number of halogens is 1. The average Bonchev–Trinajstić information content (AvgIpc) is 2.57. The Bertz CT molecular complexity index is 633. The van der Waals surface area contributed by atoms with Gasteiger partial charge in [-0.3, -0.25) is 13.5 Å². The van der Waals surface area contributed by atoms with Crippen LogP contribution in [0.1, 0.15) is 13.3 Å². The molecule has 5 nitrogen and oxygen atoms in total. The highest BCUT2D eigenvalue weighted by Crippen LogP contribution is 2.34.